The molecule has 3 fully saturated rings. The Morgan fingerprint density at radius 1 is 1.17 bits per heavy atom. The van der Waals surface area contributed by atoms with Crippen molar-refractivity contribution in [1.29, 1.82) is 0 Å². The minimum Gasteiger partial charge on any atom is -0.338 e. The van der Waals surface area contributed by atoms with Gasteiger partial charge in [0.15, 0.2) is 5.17 Å². The van der Waals surface area contributed by atoms with Gasteiger partial charge >= 0.3 is 0 Å². The molecule has 12 heteroatoms. The van der Waals surface area contributed by atoms with Gasteiger partial charge in [0.1, 0.15) is 27.5 Å². The van der Waals surface area contributed by atoms with E-state index in [9.17, 15) is 9.59 Å². The van der Waals surface area contributed by atoms with Gasteiger partial charge in [-0.1, -0.05) is 56.1 Å². The zero-order chi connectivity index (χ0) is 33.4. The van der Waals surface area contributed by atoms with Crippen LogP contribution in [0.4, 0.5) is 4.39 Å². The summed E-state index contributed by atoms with van der Waals surface area (Å²) < 4.78 is 15.0. The van der Waals surface area contributed by atoms with Gasteiger partial charge in [-0.3, -0.25) is 9.59 Å². The smallest absolute Gasteiger partial charge is 0.263 e. The van der Waals surface area contributed by atoms with E-state index in [-0.39, 0.29) is 40.4 Å². The standard InChI is InChI=1S/C35H41Cl2FN6O2S/c1-6-23-9-11-26(31(45)42-17-20(4)40-35(18-42)13-14-35)43(23)32(46)29-28(19(2)3)44-30(21-7-10-24(36)25(38)15-21)34(5,41-33(44)47-29)22-8-12-27(37)39-16-22/h7-8,10,12,15-16,19-20,23,26,30,40H,6,9,11,13-14,17-18H2,1-5H3/t20-,23-,26-,30-,34+/m1/s1. The third kappa shape index (κ3) is 5.57. The van der Waals surface area contributed by atoms with Crippen LogP contribution in [0.15, 0.2) is 52.1 Å². The number of aromatic nitrogens is 1. The van der Waals surface area contributed by atoms with Crippen molar-refractivity contribution in [2.75, 3.05) is 13.1 Å². The van der Waals surface area contributed by atoms with Gasteiger partial charge in [0, 0.05) is 48.2 Å². The van der Waals surface area contributed by atoms with E-state index in [1.165, 1.54) is 17.8 Å². The first-order valence-electron chi connectivity index (χ1n) is 16.6. The Morgan fingerprint density at radius 2 is 1.94 bits per heavy atom. The molecule has 8 nitrogen and oxygen atoms in total. The number of halogens is 3. The van der Waals surface area contributed by atoms with Crippen molar-refractivity contribution in [3.63, 3.8) is 0 Å². The number of rotatable bonds is 6. The summed E-state index contributed by atoms with van der Waals surface area (Å²) in [6.45, 7) is 11.7. The molecule has 2 saturated heterocycles. The van der Waals surface area contributed by atoms with E-state index in [4.69, 9.17) is 28.2 Å². The molecule has 0 bridgehead atoms. The van der Waals surface area contributed by atoms with Crippen molar-refractivity contribution in [3.8, 4) is 0 Å². The van der Waals surface area contributed by atoms with Crippen LogP contribution in [0.2, 0.25) is 10.2 Å². The maximum absolute atomic E-state index is 15.0. The summed E-state index contributed by atoms with van der Waals surface area (Å²) in [5.41, 5.74) is 1.48. The number of nitrogens with zero attached hydrogens (tertiary/aromatic N) is 5. The topological polar surface area (TPSA) is 81.1 Å². The Hall–Kier alpha value is -2.66. The molecule has 1 aromatic heterocycles. The van der Waals surface area contributed by atoms with Crippen LogP contribution >= 0.6 is 35.0 Å². The number of nitrogens with one attached hydrogen (secondary N) is 1. The molecular formula is C35H41Cl2FN6O2S. The van der Waals surface area contributed by atoms with Crippen LogP contribution in [0.3, 0.4) is 0 Å². The number of carbonyl (C=O) groups is 2. The lowest BCUT2D eigenvalue weighted by Crippen LogP contribution is -2.61. The lowest BCUT2D eigenvalue weighted by molar-refractivity contribution is -0.144. The maximum Gasteiger partial charge on any atom is 0.263 e. The summed E-state index contributed by atoms with van der Waals surface area (Å²) in [5, 5.41) is 4.75. The summed E-state index contributed by atoms with van der Waals surface area (Å²) in [4.78, 5) is 45.2. The number of thioether (sulfide) groups is 1. The number of amidine groups is 1. The predicted molar refractivity (Wildman–Crippen MR) is 185 cm³/mol. The van der Waals surface area contributed by atoms with Crippen LogP contribution in [0, 0.1) is 11.7 Å². The van der Waals surface area contributed by atoms with E-state index in [0.29, 0.717) is 40.3 Å². The summed E-state index contributed by atoms with van der Waals surface area (Å²) in [7, 11) is 0. The number of piperazine rings is 1. The summed E-state index contributed by atoms with van der Waals surface area (Å²) >= 11 is 13.6. The maximum atomic E-state index is 15.0. The molecule has 1 saturated carbocycles. The predicted octanol–water partition coefficient (Wildman–Crippen LogP) is 6.89. The van der Waals surface area contributed by atoms with Crippen LogP contribution in [0.25, 0.3) is 0 Å². The average Bonchev–Trinajstić information content (AvgIpc) is 3.35. The number of likely N-dealkylation sites (tertiary alicyclic amines) is 1. The molecule has 1 aromatic carbocycles. The molecule has 2 amide bonds. The van der Waals surface area contributed by atoms with E-state index in [0.717, 1.165) is 36.9 Å². The Labute approximate surface area is 290 Å². The fourth-order valence-electron chi connectivity index (χ4n) is 8.15. The monoisotopic (exact) mass is 698 g/mol. The summed E-state index contributed by atoms with van der Waals surface area (Å²) in [5.74, 6) is -0.663. The van der Waals surface area contributed by atoms with Gasteiger partial charge in [0.05, 0.1) is 11.1 Å². The highest BCUT2D eigenvalue weighted by Gasteiger charge is 2.55. The third-order valence-electron chi connectivity index (χ3n) is 10.5. The van der Waals surface area contributed by atoms with E-state index >= 15 is 4.39 Å². The molecule has 4 aliphatic heterocycles. The summed E-state index contributed by atoms with van der Waals surface area (Å²) in [6, 6.07) is 7.66. The van der Waals surface area contributed by atoms with Crippen molar-refractivity contribution < 1.29 is 14.0 Å². The number of hydrogen-bond acceptors (Lipinski definition) is 7. The highest BCUT2D eigenvalue weighted by atomic mass is 35.5. The Morgan fingerprint density at radius 3 is 2.57 bits per heavy atom. The number of carbonyl (C=O) groups excluding carboxylic acids is 2. The molecule has 0 unspecified atom stereocenters. The Bertz CT molecular complexity index is 1680. The molecular weight excluding hydrogens is 658 g/mol. The number of hydrogen-bond donors (Lipinski definition) is 1. The zero-order valence-electron chi connectivity index (χ0n) is 27.4. The Kier molecular flexibility index (Phi) is 8.42. The van der Waals surface area contributed by atoms with E-state index in [1.807, 2.05) is 28.9 Å². The quantitative estimate of drug-likeness (QED) is 0.331. The molecule has 5 heterocycles. The first-order valence-corrected chi connectivity index (χ1v) is 18.2. The molecule has 5 atom stereocenters. The van der Waals surface area contributed by atoms with Crippen molar-refractivity contribution in [2.45, 2.75) is 102 Å². The van der Waals surface area contributed by atoms with Crippen molar-refractivity contribution >= 4 is 51.9 Å². The largest absolute Gasteiger partial charge is 0.338 e. The third-order valence-corrected chi connectivity index (χ3v) is 12.1. The first-order chi connectivity index (χ1) is 22.4. The number of fused-ring (bicyclic) bond motifs is 1. The van der Waals surface area contributed by atoms with Gasteiger partial charge in [0.2, 0.25) is 5.91 Å². The summed E-state index contributed by atoms with van der Waals surface area (Å²) in [6.07, 6.45) is 6.08. The second kappa shape index (κ2) is 12.0. The van der Waals surface area contributed by atoms with Crippen LogP contribution in [0.1, 0.15) is 83.9 Å². The fourth-order valence-corrected chi connectivity index (χ4v) is 9.73. The van der Waals surface area contributed by atoms with Gasteiger partial charge < -0.3 is 20.0 Å². The van der Waals surface area contributed by atoms with Crippen LogP contribution < -0.4 is 5.32 Å². The average molecular weight is 700 g/mol. The van der Waals surface area contributed by atoms with Crippen LogP contribution in [-0.2, 0) is 15.1 Å². The zero-order valence-corrected chi connectivity index (χ0v) is 29.7. The molecule has 1 aliphatic carbocycles. The number of amides is 2. The van der Waals surface area contributed by atoms with Gasteiger partial charge in [-0.15, -0.1) is 0 Å². The van der Waals surface area contributed by atoms with Gasteiger partial charge in [-0.25, -0.2) is 14.4 Å². The van der Waals surface area contributed by atoms with Gasteiger partial charge in [-0.05, 0) is 87.4 Å². The van der Waals surface area contributed by atoms with Gasteiger partial charge in [0.25, 0.3) is 5.91 Å². The Balaban J connectivity index is 1.28. The molecule has 5 aliphatic rings. The molecule has 2 aromatic rings. The van der Waals surface area contributed by atoms with E-state index in [2.05, 4.69) is 42.9 Å². The second-order valence-corrected chi connectivity index (χ2v) is 16.0. The fraction of sp³-hybridized carbons (Fsp3) is 0.543. The molecule has 7 rings (SSSR count). The van der Waals surface area contributed by atoms with Crippen molar-refractivity contribution in [3.05, 3.63) is 74.3 Å². The minimum absolute atomic E-state index is 0.0304. The highest BCUT2D eigenvalue weighted by molar-refractivity contribution is 8.18. The lowest BCUT2D eigenvalue weighted by Gasteiger charge is -2.41. The number of aliphatic imine (C=N–C) groups is 1. The van der Waals surface area contributed by atoms with Crippen LogP contribution in [-0.4, -0.2) is 73.4 Å². The lowest BCUT2D eigenvalue weighted by atomic mass is 9.81. The SMILES string of the molecule is CC[C@@H]1CC[C@H](C(=O)N2C[C@@H](C)NC3(CC3)C2)N1C(=O)C1=C(C(C)C)N2C(=N[C@@](C)(c3ccc(Cl)nc3)[C@H]2c2ccc(Cl)c(F)c2)S1. The number of pyridine rings is 1. The number of allylic oxidation sites excluding steroid dienone is 1. The first kappa shape index (κ1) is 32.9. The van der Waals surface area contributed by atoms with E-state index in [1.54, 1.807) is 18.3 Å². The van der Waals surface area contributed by atoms with E-state index < -0.39 is 23.4 Å². The molecule has 0 radical (unpaired) electrons. The normalized spacial score (nSPS) is 29.6. The molecule has 47 heavy (non-hydrogen) atoms. The second-order valence-electron chi connectivity index (χ2n) is 14.2. The number of benzene rings is 1. The van der Waals surface area contributed by atoms with Crippen molar-refractivity contribution in [1.82, 2.24) is 25.0 Å². The van der Waals surface area contributed by atoms with Crippen molar-refractivity contribution in [2.24, 2.45) is 10.9 Å². The molecule has 1 spiro atoms. The highest BCUT2D eigenvalue weighted by Crippen LogP contribution is 2.56. The van der Waals surface area contributed by atoms with Gasteiger partial charge in [-0.2, -0.15) is 0 Å². The molecule has 250 valence electrons. The minimum atomic E-state index is -0.870. The van der Waals surface area contributed by atoms with Crippen LogP contribution in [0.5, 0.6) is 0 Å². The molecule has 1 N–H and O–H groups in total.